The van der Waals surface area contributed by atoms with Crippen molar-refractivity contribution in [3.05, 3.63) is 36.0 Å². The molecule has 0 saturated carbocycles. The summed E-state index contributed by atoms with van der Waals surface area (Å²) in [7, 11) is 0. The molecule has 5 heteroatoms. The number of hydrogen-bond acceptors (Lipinski definition) is 1. The maximum Gasteiger partial charge on any atom is 0.397 e. The van der Waals surface area contributed by atoms with E-state index in [1.807, 2.05) is 30.5 Å². The van der Waals surface area contributed by atoms with Gasteiger partial charge in [-0.1, -0.05) is 18.2 Å². The molecule has 1 atom stereocenters. The highest BCUT2D eigenvalue weighted by Crippen LogP contribution is 2.38. The second-order valence-electron chi connectivity index (χ2n) is 4.93. The molecule has 0 aliphatic heterocycles. The SMILES string of the molecule is CC(C)n1cc([C@H](CN)C(F)(F)F)c2ccccc21. The van der Waals surface area contributed by atoms with Crippen molar-refractivity contribution in [3.63, 3.8) is 0 Å². The van der Waals surface area contributed by atoms with Gasteiger partial charge in [-0.25, -0.2) is 0 Å². The fourth-order valence-electron chi connectivity index (χ4n) is 2.37. The van der Waals surface area contributed by atoms with Crippen LogP contribution in [0.25, 0.3) is 10.9 Å². The van der Waals surface area contributed by atoms with Gasteiger partial charge >= 0.3 is 6.18 Å². The third-order valence-corrected chi connectivity index (χ3v) is 3.33. The molecule has 0 aliphatic carbocycles. The van der Waals surface area contributed by atoms with Gasteiger partial charge in [0.1, 0.15) is 0 Å². The zero-order chi connectivity index (χ0) is 14.2. The second-order valence-corrected chi connectivity index (χ2v) is 4.93. The highest BCUT2D eigenvalue weighted by atomic mass is 19.4. The number of fused-ring (bicyclic) bond motifs is 1. The van der Waals surface area contributed by atoms with Gasteiger partial charge in [0.2, 0.25) is 0 Å². The summed E-state index contributed by atoms with van der Waals surface area (Å²) in [5, 5.41) is 0.629. The average Bonchev–Trinajstić information content (AvgIpc) is 2.68. The molecule has 1 heterocycles. The standard InChI is InChI=1S/C14H17F3N2/c1-9(2)19-8-11(12(7-18)14(15,16)17)10-5-3-4-6-13(10)19/h3-6,8-9,12H,7,18H2,1-2H3/t12-/m0/s1. The lowest BCUT2D eigenvalue weighted by Gasteiger charge is -2.18. The summed E-state index contributed by atoms with van der Waals surface area (Å²) in [5.41, 5.74) is 6.42. The highest BCUT2D eigenvalue weighted by Gasteiger charge is 2.41. The van der Waals surface area contributed by atoms with Crippen molar-refractivity contribution in [3.8, 4) is 0 Å². The number of benzene rings is 1. The normalized spacial score (nSPS) is 14.3. The van der Waals surface area contributed by atoms with Crippen LogP contribution in [0, 0.1) is 0 Å². The van der Waals surface area contributed by atoms with E-state index in [0.29, 0.717) is 5.39 Å². The van der Waals surface area contributed by atoms with E-state index < -0.39 is 18.6 Å². The number of halogens is 3. The van der Waals surface area contributed by atoms with E-state index in [9.17, 15) is 13.2 Å². The van der Waals surface area contributed by atoms with Crippen molar-refractivity contribution in [2.45, 2.75) is 32.0 Å². The molecule has 0 bridgehead atoms. The van der Waals surface area contributed by atoms with Gasteiger partial charge in [-0.05, 0) is 25.5 Å². The molecule has 2 aromatic rings. The highest BCUT2D eigenvalue weighted by molar-refractivity contribution is 5.84. The smallest absolute Gasteiger partial charge is 0.345 e. The van der Waals surface area contributed by atoms with Gasteiger partial charge in [0.05, 0.1) is 5.92 Å². The number of rotatable bonds is 3. The van der Waals surface area contributed by atoms with Crippen LogP contribution < -0.4 is 5.73 Å². The molecule has 0 saturated heterocycles. The fraction of sp³-hybridized carbons (Fsp3) is 0.429. The van der Waals surface area contributed by atoms with Crippen LogP contribution in [0.5, 0.6) is 0 Å². The summed E-state index contributed by atoms with van der Waals surface area (Å²) >= 11 is 0. The Morgan fingerprint density at radius 1 is 1.21 bits per heavy atom. The van der Waals surface area contributed by atoms with Crippen molar-refractivity contribution in [2.75, 3.05) is 6.54 Å². The van der Waals surface area contributed by atoms with Crippen LogP contribution in [0.3, 0.4) is 0 Å². The Labute approximate surface area is 110 Å². The Bertz CT molecular complexity index is 570. The Balaban J connectivity index is 2.67. The van der Waals surface area contributed by atoms with Crippen molar-refractivity contribution < 1.29 is 13.2 Å². The van der Waals surface area contributed by atoms with Gasteiger partial charge in [0.25, 0.3) is 0 Å². The number of hydrogen-bond donors (Lipinski definition) is 1. The lowest BCUT2D eigenvalue weighted by molar-refractivity contribution is -0.147. The van der Waals surface area contributed by atoms with E-state index in [1.165, 1.54) is 0 Å². The van der Waals surface area contributed by atoms with E-state index in [-0.39, 0.29) is 11.6 Å². The Morgan fingerprint density at radius 2 is 1.84 bits per heavy atom. The molecule has 2 N–H and O–H groups in total. The first-order valence-corrected chi connectivity index (χ1v) is 6.22. The van der Waals surface area contributed by atoms with Gasteiger partial charge in [0, 0.05) is 29.7 Å². The molecular weight excluding hydrogens is 253 g/mol. The van der Waals surface area contributed by atoms with Crippen molar-refractivity contribution in [1.82, 2.24) is 4.57 Å². The Hall–Kier alpha value is -1.49. The van der Waals surface area contributed by atoms with Crippen LogP contribution in [-0.4, -0.2) is 17.3 Å². The minimum absolute atomic E-state index is 0.102. The summed E-state index contributed by atoms with van der Waals surface area (Å²) in [6, 6.07) is 7.24. The summed E-state index contributed by atoms with van der Waals surface area (Å²) < 4.78 is 41.0. The van der Waals surface area contributed by atoms with Crippen molar-refractivity contribution in [2.24, 2.45) is 5.73 Å². The van der Waals surface area contributed by atoms with E-state index >= 15 is 0 Å². The molecule has 0 radical (unpaired) electrons. The third-order valence-electron chi connectivity index (χ3n) is 3.33. The first kappa shape index (κ1) is 13.9. The number of nitrogens with zero attached hydrogens (tertiary/aromatic N) is 1. The minimum Gasteiger partial charge on any atom is -0.345 e. The van der Waals surface area contributed by atoms with Crippen LogP contribution >= 0.6 is 0 Å². The molecular formula is C14H17F3N2. The van der Waals surface area contributed by atoms with Gasteiger partial charge in [-0.15, -0.1) is 0 Å². The summed E-state index contributed by atoms with van der Waals surface area (Å²) in [6.07, 6.45) is -2.74. The summed E-state index contributed by atoms with van der Waals surface area (Å²) in [4.78, 5) is 0. The van der Waals surface area contributed by atoms with E-state index in [0.717, 1.165) is 5.52 Å². The topological polar surface area (TPSA) is 30.9 Å². The van der Waals surface area contributed by atoms with E-state index in [1.54, 1.807) is 18.3 Å². The van der Waals surface area contributed by atoms with Crippen LogP contribution in [-0.2, 0) is 0 Å². The number of nitrogens with two attached hydrogens (primary N) is 1. The molecule has 104 valence electrons. The quantitative estimate of drug-likeness (QED) is 0.903. The molecule has 0 aliphatic rings. The van der Waals surface area contributed by atoms with E-state index in [4.69, 9.17) is 5.73 Å². The minimum atomic E-state index is -4.32. The number of para-hydroxylation sites is 1. The Kier molecular flexibility index (Phi) is 3.58. The molecule has 1 aromatic heterocycles. The monoisotopic (exact) mass is 270 g/mol. The second kappa shape index (κ2) is 4.89. The van der Waals surface area contributed by atoms with Gasteiger partial charge in [-0.2, -0.15) is 13.2 Å². The summed E-state index contributed by atoms with van der Waals surface area (Å²) in [6.45, 7) is 3.46. The average molecular weight is 270 g/mol. The first-order chi connectivity index (χ1) is 8.86. The molecule has 2 rings (SSSR count). The maximum atomic E-state index is 13.1. The van der Waals surface area contributed by atoms with Gasteiger partial charge in [0.15, 0.2) is 0 Å². The maximum absolute atomic E-state index is 13.1. The molecule has 0 spiro atoms. The largest absolute Gasteiger partial charge is 0.397 e. The lowest BCUT2D eigenvalue weighted by atomic mass is 9.98. The molecule has 0 fully saturated rings. The van der Waals surface area contributed by atoms with E-state index in [2.05, 4.69) is 0 Å². The Morgan fingerprint density at radius 3 is 2.37 bits per heavy atom. The zero-order valence-electron chi connectivity index (χ0n) is 10.9. The predicted octanol–water partition coefficient (Wildman–Crippen LogP) is 3.83. The zero-order valence-corrected chi connectivity index (χ0v) is 10.9. The molecule has 0 unspecified atom stereocenters. The number of aromatic nitrogens is 1. The number of alkyl halides is 3. The molecule has 19 heavy (non-hydrogen) atoms. The van der Waals surface area contributed by atoms with Crippen LogP contribution in [0.4, 0.5) is 13.2 Å². The molecule has 1 aromatic carbocycles. The molecule has 2 nitrogen and oxygen atoms in total. The van der Waals surface area contributed by atoms with Gasteiger partial charge < -0.3 is 10.3 Å². The van der Waals surface area contributed by atoms with Crippen LogP contribution in [0.1, 0.15) is 31.4 Å². The lowest BCUT2D eigenvalue weighted by Crippen LogP contribution is -2.27. The predicted molar refractivity (Wildman–Crippen MR) is 70.2 cm³/mol. The van der Waals surface area contributed by atoms with Crippen molar-refractivity contribution >= 4 is 10.9 Å². The first-order valence-electron chi connectivity index (χ1n) is 6.22. The fourth-order valence-corrected chi connectivity index (χ4v) is 2.37. The van der Waals surface area contributed by atoms with Crippen molar-refractivity contribution in [1.29, 1.82) is 0 Å². The van der Waals surface area contributed by atoms with Crippen LogP contribution in [0.15, 0.2) is 30.5 Å². The van der Waals surface area contributed by atoms with Gasteiger partial charge in [-0.3, -0.25) is 0 Å². The summed E-state index contributed by atoms with van der Waals surface area (Å²) in [5.74, 6) is -1.61. The van der Waals surface area contributed by atoms with Crippen LogP contribution in [0.2, 0.25) is 0 Å². The molecule has 0 amide bonds. The third kappa shape index (κ3) is 2.47.